The van der Waals surface area contributed by atoms with Crippen molar-refractivity contribution in [1.29, 1.82) is 0 Å². The van der Waals surface area contributed by atoms with Crippen molar-refractivity contribution < 1.29 is 9.47 Å². The second-order valence-corrected chi connectivity index (χ2v) is 10.3. The normalized spacial score (nSPS) is 23.3. The zero-order chi connectivity index (χ0) is 22.1. The van der Waals surface area contributed by atoms with Gasteiger partial charge < -0.3 is 19.7 Å². The summed E-state index contributed by atoms with van der Waals surface area (Å²) in [6.45, 7) is 4.18. The zero-order valence-corrected chi connectivity index (χ0v) is 20.0. The molecule has 2 unspecified atom stereocenters. The van der Waals surface area contributed by atoms with Crippen molar-refractivity contribution in [2.24, 2.45) is 11.8 Å². The van der Waals surface area contributed by atoms with Crippen LogP contribution in [0.25, 0.3) is 0 Å². The van der Waals surface area contributed by atoms with Gasteiger partial charge in [-0.15, -0.1) is 0 Å². The van der Waals surface area contributed by atoms with Crippen LogP contribution in [0.1, 0.15) is 54.7 Å². The van der Waals surface area contributed by atoms with Crippen LogP contribution in [0, 0.1) is 11.8 Å². The molecule has 32 heavy (non-hydrogen) atoms. The van der Waals surface area contributed by atoms with E-state index in [1.165, 1.54) is 48.8 Å². The third-order valence-electron chi connectivity index (χ3n) is 7.74. The van der Waals surface area contributed by atoms with E-state index in [1.54, 1.807) is 7.11 Å². The minimum Gasteiger partial charge on any atom is -0.495 e. The summed E-state index contributed by atoms with van der Waals surface area (Å²) in [6, 6.07) is 13.0. The summed E-state index contributed by atoms with van der Waals surface area (Å²) in [7, 11) is 3.85. The fourth-order valence-corrected chi connectivity index (χ4v) is 6.02. The Morgan fingerprint density at radius 2 is 1.81 bits per heavy atom. The predicted molar refractivity (Wildman–Crippen MR) is 130 cm³/mol. The number of hydrogen-bond donors (Lipinski definition) is 1. The molecular weight excluding hydrogens is 420 g/mol. The van der Waals surface area contributed by atoms with Gasteiger partial charge >= 0.3 is 0 Å². The molecule has 0 spiro atoms. The van der Waals surface area contributed by atoms with Crippen LogP contribution in [0.5, 0.6) is 11.5 Å². The van der Waals surface area contributed by atoms with E-state index in [0.29, 0.717) is 23.0 Å². The summed E-state index contributed by atoms with van der Waals surface area (Å²) in [4.78, 5) is 2.39. The first-order chi connectivity index (χ1) is 15.6. The highest BCUT2D eigenvalue weighted by Crippen LogP contribution is 2.40. The Morgan fingerprint density at radius 1 is 1.03 bits per heavy atom. The number of rotatable bonds is 6. The average molecular weight is 455 g/mol. The third-order valence-corrected chi connectivity index (χ3v) is 8.03. The number of benzene rings is 2. The maximum atomic E-state index is 6.77. The molecule has 5 rings (SSSR count). The number of methoxy groups -OCH3 is 1. The second kappa shape index (κ2) is 9.62. The van der Waals surface area contributed by atoms with Crippen LogP contribution in [0.15, 0.2) is 36.4 Å². The summed E-state index contributed by atoms with van der Waals surface area (Å²) in [6.07, 6.45) is 6.83. The van der Waals surface area contributed by atoms with Gasteiger partial charge in [-0.1, -0.05) is 30.2 Å². The molecule has 5 heteroatoms. The zero-order valence-electron chi connectivity index (χ0n) is 19.3. The number of fused-ring (bicyclic) bond motifs is 1. The molecule has 2 heterocycles. The van der Waals surface area contributed by atoms with Crippen LogP contribution in [-0.4, -0.2) is 44.8 Å². The maximum Gasteiger partial charge on any atom is 0.137 e. The topological polar surface area (TPSA) is 33.7 Å². The first-order valence-electron chi connectivity index (χ1n) is 12.1. The van der Waals surface area contributed by atoms with Crippen LogP contribution < -0.4 is 14.8 Å². The Kier molecular flexibility index (Phi) is 6.64. The first kappa shape index (κ1) is 22.1. The van der Waals surface area contributed by atoms with E-state index in [-0.39, 0.29) is 0 Å². The summed E-state index contributed by atoms with van der Waals surface area (Å²) >= 11 is 6.45. The van der Waals surface area contributed by atoms with E-state index in [1.807, 2.05) is 6.07 Å². The summed E-state index contributed by atoms with van der Waals surface area (Å²) in [5, 5.41) is 4.18. The van der Waals surface area contributed by atoms with Crippen molar-refractivity contribution >= 4 is 11.6 Å². The Hall–Kier alpha value is -1.75. The monoisotopic (exact) mass is 454 g/mol. The Bertz CT molecular complexity index is 939. The highest BCUT2D eigenvalue weighted by molar-refractivity contribution is 6.32. The molecule has 2 atom stereocenters. The van der Waals surface area contributed by atoms with Crippen LogP contribution in [0.2, 0.25) is 5.02 Å². The number of piperidine rings is 1. The van der Waals surface area contributed by atoms with Gasteiger partial charge in [-0.05, 0) is 98.6 Å². The van der Waals surface area contributed by atoms with Gasteiger partial charge in [-0.3, -0.25) is 0 Å². The highest BCUT2D eigenvalue weighted by atomic mass is 35.5. The molecule has 1 N–H and O–H groups in total. The standard InChI is InChI=1S/C27H35ClN2O2/c1-30-16-21-14-22(32-27(18-4-3-5-18)19-10-12-29-13-11-19)7-8-23(21)24(17-30)20-6-9-26(31-2)25(28)15-20/h6-9,14-15,18-19,24,27,29H,3-5,10-13,16-17H2,1-2H3. The minimum absolute atomic E-state index is 0.299. The number of halogens is 1. The average Bonchev–Trinajstić information content (AvgIpc) is 2.77. The number of nitrogens with zero attached hydrogens (tertiary/aromatic N) is 1. The third kappa shape index (κ3) is 4.50. The van der Waals surface area contributed by atoms with Gasteiger partial charge in [0.15, 0.2) is 0 Å². The van der Waals surface area contributed by atoms with E-state index in [4.69, 9.17) is 21.1 Å². The Morgan fingerprint density at radius 3 is 2.50 bits per heavy atom. The molecule has 172 valence electrons. The van der Waals surface area contributed by atoms with Crippen molar-refractivity contribution in [3.8, 4) is 11.5 Å². The van der Waals surface area contributed by atoms with Crippen molar-refractivity contribution in [2.75, 3.05) is 33.8 Å². The van der Waals surface area contributed by atoms with Crippen LogP contribution in [0.4, 0.5) is 0 Å². The molecule has 2 fully saturated rings. The van der Waals surface area contributed by atoms with Gasteiger partial charge in [0.2, 0.25) is 0 Å². The number of likely N-dealkylation sites (N-methyl/N-ethyl adjacent to an activating group) is 1. The van der Waals surface area contributed by atoms with Crippen molar-refractivity contribution in [1.82, 2.24) is 10.2 Å². The van der Waals surface area contributed by atoms with Gasteiger partial charge in [0.05, 0.1) is 12.1 Å². The molecule has 1 saturated carbocycles. The van der Waals surface area contributed by atoms with Gasteiger partial charge in [0.25, 0.3) is 0 Å². The summed E-state index contributed by atoms with van der Waals surface area (Å²) in [5.41, 5.74) is 3.99. The fourth-order valence-electron chi connectivity index (χ4n) is 5.76. The van der Waals surface area contributed by atoms with Crippen LogP contribution in [-0.2, 0) is 6.54 Å². The van der Waals surface area contributed by atoms with E-state index < -0.39 is 0 Å². The molecule has 1 saturated heterocycles. The first-order valence-corrected chi connectivity index (χ1v) is 12.5. The number of ether oxygens (including phenoxy) is 2. The van der Waals surface area contributed by atoms with Gasteiger partial charge in [0, 0.05) is 19.0 Å². The van der Waals surface area contributed by atoms with E-state index in [9.17, 15) is 0 Å². The highest BCUT2D eigenvalue weighted by Gasteiger charge is 2.36. The quantitative estimate of drug-likeness (QED) is 0.627. The Labute approximate surface area is 197 Å². The predicted octanol–water partition coefficient (Wildman–Crippen LogP) is 5.47. The lowest BCUT2D eigenvalue weighted by Gasteiger charge is -2.40. The molecule has 0 amide bonds. The molecular formula is C27H35ClN2O2. The fraction of sp³-hybridized carbons (Fsp3) is 0.556. The SMILES string of the molecule is COc1ccc(C2CN(C)Cc3cc(OC(C4CCC4)C4CCNCC4)ccc32)cc1Cl. The van der Waals surface area contributed by atoms with Crippen molar-refractivity contribution in [3.05, 3.63) is 58.1 Å². The largest absolute Gasteiger partial charge is 0.495 e. The lowest BCUT2D eigenvalue weighted by Crippen LogP contribution is -2.43. The van der Waals surface area contributed by atoms with Crippen LogP contribution >= 0.6 is 11.6 Å². The van der Waals surface area contributed by atoms with E-state index >= 15 is 0 Å². The molecule has 2 aliphatic heterocycles. The van der Waals surface area contributed by atoms with Crippen molar-refractivity contribution in [3.63, 3.8) is 0 Å². The van der Waals surface area contributed by atoms with Gasteiger partial charge in [-0.2, -0.15) is 0 Å². The van der Waals surface area contributed by atoms with Gasteiger partial charge in [0.1, 0.15) is 17.6 Å². The smallest absolute Gasteiger partial charge is 0.137 e. The maximum absolute atomic E-state index is 6.77. The van der Waals surface area contributed by atoms with Crippen LogP contribution in [0.3, 0.4) is 0 Å². The van der Waals surface area contributed by atoms with E-state index in [2.05, 4.69) is 47.6 Å². The lowest BCUT2D eigenvalue weighted by atomic mass is 9.74. The lowest BCUT2D eigenvalue weighted by molar-refractivity contribution is 0.0239. The summed E-state index contributed by atoms with van der Waals surface area (Å²) < 4.78 is 12.1. The molecule has 1 aliphatic carbocycles. The molecule has 0 aromatic heterocycles. The molecule has 2 aromatic carbocycles. The van der Waals surface area contributed by atoms with Crippen molar-refractivity contribution in [2.45, 2.75) is 50.7 Å². The number of hydrogen-bond acceptors (Lipinski definition) is 4. The van der Waals surface area contributed by atoms with Gasteiger partial charge in [-0.25, -0.2) is 0 Å². The molecule has 2 aromatic rings. The minimum atomic E-state index is 0.299. The molecule has 3 aliphatic rings. The number of nitrogens with one attached hydrogen (secondary N) is 1. The Balaban J connectivity index is 1.40. The molecule has 0 radical (unpaired) electrons. The van der Waals surface area contributed by atoms with E-state index in [0.717, 1.165) is 43.6 Å². The second-order valence-electron chi connectivity index (χ2n) is 9.86. The summed E-state index contributed by atoms with van der Waals surface area (Å²) in [5.74, 6) is 3.47. The molecule has 4 nitrogen and oxygen atoms in total. The molecule has 0 bridgehead atoms.